The second-order valence-corrected chi connectivity index (χ2v) is 2.98. The lowest BCUT2D eigenvalue weighted by Crippen LogP contribution is -2.12. The number of aliphatic hydroxyl groups excluding tert-OH is 1. The highest BCUT2D eigenvalue weighted by atomic mass is 16.3. The summed E-state index contributed by atoms with van der Waals surface area (Å²) in [5.41, 5.74) is 0. The van der Waals surface area contributed by atoms with Crippen molar-refractivity contribution in [2.75, 3.05) is 0 Å². The fraction of sp³-hybridized carbons (Fsp3) is 1.00. The average molecular weight is 144 g/mol. The monoisotopic (exact) mass is 144 g/mol. The molecule has 0 radical (unpaired) electrons. The lowest BCUT2D eigenvalue weighted by Gasteiger charge is -2.10. The van der Waals surface area contributed by atoms with Crippen LogP contribution in [0.15, 0.2) is 0 Å². The molecule has 3 unspecified atom stereocenters. The van der Waals surface area contributed by atoms with Crippen LogP contribution in [0.2, 0.25) is 0 Å². The Morgan fingerprint density at radius 2 is 1.60 bits per heavy atom. The first-order valence-corrected chi connectivity index (χ1v) is 4.40. The normalized spacial score (nSPS) is 38.7. The van der Waals surface area contributed by atoms with Gasteiger partial charge in [0.05, 0.1) is 6.10 Å². The van der Waals surface area contributed by atoms with Crippen LogP contribution in [0.25, 0.3) is 0 Å². The van der Waals surface area contributed by atoms with Crippen LogP contribution >= 0.6 is 0 Å². The van der Waals surface area contributed by atoms with Gasteiger partial charge in [-0.2, -0.15) is 0 Å². The van der Waals surface area contributed by atoms with E-state index in [0.29, 0.717) is 5.92 Å². The fourth-order valence-electron chi connectivity index (χ4n) is 1.34. The highest BCUT2D eigenvalue weighted by Gasteiger charge is 2.27. The predicted molar refractivity (Wildman–Crippen MR) is 44.9 cm³/mol. The van der Waals surface area contributed by atoms with Gasteiger partial charge in [0.15, 0.2) is 0 Å². The van der Waals surface area contributed by atoms with Gasteiger partial charge in [0.25, 0.3) is 0 Å². The van der Waals surface area contributed by atoms with Crippen molar-refractivity contribution in [3.05, 3.63) is 0 Å². The molecule has 1 rings (SSSR count). The van der Waals surface area contributed by atoms with Gasteiger partial charge in [-0.25, -0.2) is 0 Å². The van der Waals surface area contributed by atoms with E-state index in [1.54, 1.807) is 0 Å². The number of aliphatic hydroxyl groups is 1. The van der Waals surface area contributed by atoms with Crippen molar-refractivity contribution in [3.8, 4) is 0 Å². The molecule has 0 aromatic rings. The van der Waals surface area contributed by atoms with Crippen LogP contribution in [0.5, 0.6) is 0 Å². The molecule has 0 aromatic carbocycles. The Morgan fingerprint density at radius 3 is 1.70 bits per heavy atom. The van der Waals surface area contributed by atoms with Crippen LogP contribution in [0.1, 0.15) is 40.5 Å². The first kappa shape index (κ1) is 9.96. The van der Waals surface area contributed by atoms with E-state index in [0.717, 1.165) is 12.3 Å². The zero-order valence-electron chi connectivity index (χ0n) is 7.59. The average Bonchev–Trinajstić information content (AvgIpc) is 2.25. The minimum Gasteiger partial charge on any atom is -0.393 e. The van der Waals surface area contributed by atoms with Crippen molar-refractivity contribution < 1.29 is 5.11 Å². The molecule has 0 bridgehead atoms. The molecule has 62 valence electrons. The molecule has 10 heavy (non-hydrogen) atoms. The summed E-state index contributed by atoms with van der Waals surface area (Å²) in [6.45, 7) is 8.34. The summed E-state index contributed by atoms with van der Waals surface area (Å²) in [4.78, 5) is 0. The van der Waals surface area contributed by atoms with E-state index < -0.39 is 0 Å². The Kier molecular flexibility index (Phi) is 4.71. The summed E-state index contributed by atoms with van der Waals surface area (Å²) in [6, 6.07) is 0. The van der Waals surface area contributed by atoms with Crippen LogP contribution in [0.4, 0.5) is 0 Å². The zero-order valence-corrected chi connectivity index (χ0v) is 7.59. The molecule has 1 aliphatic rings. The van der Waals surface area contributed by atoms with Crippen LogP contribution in [0.3, 0.4) is 0 Å². The quantitative estimate of drug-likeness (QED) is 0.553. The lowest BCUT2D eigenvalue weighted by atomic mass is 10.00. The summed E-state index contributed by atoms with van der Waals surface area (Å²) < 4.78 is 0. The second-order valence-electron chi connectivity index (χ2n) is 2.98. The van der Waals surface area contributed by atoms with E-state index in [9.17, 15) is 0 Å². The number of hydrogen-bond acceptors (Lipinski definition) is 1. The van der Waals surface area contributed by atoms with Crippen molar-refractivity contribution in [2.24, 2.45) is 11.8 Å². The van der Waals surface area contributed by atoms with E-state index in [2.05, 4.69) is 13.8 Å². The summed E-state index contributed by atoms with van der Waals surface area (Å²) in [5.74, 6) is 1.28. The molecule has 1 aliphatic carbocycles. The third-order valence-corrected chi connectivity index (χ3v) is 2.42. The molecule has 1 N–H and O–H groups in total. The minimum absolute atomic E-state index is 0.00926. The maximum atomic E-state index is 9.17. The van der Waals surface area contributed by atoms with Crippen molar-refractivity contribution in [3.63, 3.8) is 0 Å². The first-order valence-electron chi connectivity index (χ1n) is 4.40. The second kappa shape index (κ2) is 4.73. The molecule has 0 aromatic heterocycles. The van der Waals surface area contributed by atoms with Gasteiger partial charge in [-0.3, -0.25) is 0 Å². The number of hydrogen-bond donors (Lipinski definition) is 1. The molecule has 1 nitrogen and oxygen atoms in total. The molecular formula is C9H20O. The highest BCUT2D eigenvalue weighted by Crippen LogP contribution is 2.30. The Hall–Kier alpha value is -0.0400. The van der Waals surface area contributed by atoms with Gasteiger partial charge < -0.3 is 5.11 Å². The van der Waals surface area contributed by atoms with Gasteiger partial charge in [0.2, 0.25) is 0 Å². The van der Waals surface area contributed by atoms with Gasteiger partial charge in [-0.05, 0) is 24.7 Å². The standard InChI is InChI=1S/C7H14O.C2H6/c1-5-3-4-7(8)6(5)2;1-2/h5-8H,3-4H2,1-2H3;1-2H3. The van der Waals surface area contributed by atoms with Crippen molar-refractivity contribution in [1.29, 1.82) is 0 Å². The Balaban J connectivity index is 0.000000371. The molecule has 0 heterocycles. The van der Waals surface area contributed by atoms with E-state index in [-0.39, 0.29) is 6.10 Å². The maximum Gasteiger partial charge on any atom is 0.0568 e. The minimum atomic E-state index is -0.00926. The third-order valence-electron chi connectivity index (χ3n) is 2.42. The van der Waals surface area contributed by atoms with Gasteiger partial charge in [0, 0.05) is 0 Å². The van der Waals surface area contributed by atoms with Crippen LogP contribution in [0, 0.1) is 11.8 Å². The Bertz CT molecular complexity index is 70.8. The number of rotatable bonds is 0. The Morgan fingerprint density at radius 1 is 1.10 bits per heavy atom. The van der Waals surface area contributed by atoms with E-state index in [1.165, 1.54) is 6.42 Å². The fourth-order valence-corrected chi connectivity index (χ4v) is 1.34. The van der Waals surface area contributed by atoms with Gasteiger partial charge in [-0.1, -0.05) is 27.7 Å². The summed E-state index contributed by atoms with van der Waals surface area (Å²) in [7, 11) is 0. The predicted octanol–water partition coefficient (Wildman–Crippen LogP) is 2.44. The van der Waals surface area contributed by atoms with Crippen LogP contribution in [-0.2, 0) is 0 Å². The van der Waals surface area contributed by atoms with Gasteiger partial charge in [-0.15, -0.1) is 0 Å². The summed E-state index contributed by atoms with van der Waals surface area (Å²) in [5, 5.41) is 9.17. The topological polar surface area (TPSA) is 20.2 Å². The van der Waals surface area contributed by atoms with Crippen molar-refractivity contribution >= 4 is 0 Å². The smallest absolute Gasteiger partial charge is 0.0568 e. The molecule has 1 heteroatoms. The van der Waals surface area contributed by atoms with E-state index in [1.807, 2.05) is 13.8 Å². The van der Waals surface area contributed by atoms with Crippen molar-refractivity contribution in [2.45, 2.75) is 46.6 Å². The summed E-state index contributed by atoms with van der Waals surface area (Å²) >= 11 is 0. The maximum absolute atomic E-state index is 9.17. The molecular weight excluding hydrogens is 124 g/mol. The Labute approximate surface area is 64.5 Å². The molecule has 0 spiro atoms. The zero-order chi connectivity index (χ0) is 8.15. The molecule has 0 saturated heterocycles. The van der Waals surface area contributed by atoms with E-state index in [4.69, 9.17) is 5.11 Å². The summed E-state index contributed by atoms with van der Waals surface area (Å²) in [6.07, 6.45) is 2.22. The van der Waals surface area contributed by atoms with Crippen LogP contribution in [-0.4, -0.2) is 11.2 Å². The van der Waals surface area contributed by atoms with Crippen LogP contribution < -0.4 is 0 Å². The van der Waals surface area contributed by atoms with Gasteiger partial charge >= 0.3 is 0 Å². The van der Waals surface area contributed by atoms with Gasteiger partial charge in [0.1, 0.15) is 0 Å². The third kappa shape index (κ3) is 2.30. The largest absolute Gasteiger partial charge is 0.393 e. The molecule has 0 aliphatic heterocycles. The molecule has 1 fully saturated rings. The highest BCUT2D eigenvalue weighted by molar-refractivity contribution is 4.78. The van der Waals surface area contributed by atoms with E-state index >= 15 is 0 Å². The lowest BCUT2D eigenvalue weighted by molar-refractivity contribution is 0.130. The SMILES string of the molecule is CC.CC1CCC(O)C1C. The molecule has 3 atom stereocenters. The molecule has 1 saturated carbocycles. The first-order chi connectivity index (χ1) is 4.72. The van der Waals surface area contributed by atoms with Crippen molar-refractivity contribution in [1.82, 2.24) is 0 Å². The molecule has 0 amide bonds.